The molecule has 51 valence electrons. The maximum atomic E-state index is 5.67. The zero-order chi connectivity index (χ0) is 7.56. The van der Waals surface area contributed by atoms with E-state index in [1.165, 1.54) is 0 Å². The fourth-order valence-electron chi connectivity index (χ4n) is 0.587. The first-order chi connectivity index (χ1) is 4.72. The molecule has 10 heavy (non-hydrogen) atoms. The second kappa shape index (κ2) is 3.75. The van der Waals surface area contributed by atoms with Crippen LogP contribution in [0.1, 0.15) is 0 Å². The van der Waals surface area contributed by atoms with Gasteiger partial charge in [0, 0.05) is 0 Å². The summed E-state index contributed by atoms with van der Waals surface area (Å²) in [6, 6.07) is 5.12. The van der Waals surface area contributed by atoms with E-state index in [9.17, 15) is 0 Å². The van der Waals surface area contributed by atoms with Crippen LogP contribution in [0.25, 0.3) is 0 Å². The van der Waals surface area contributed by atoms with Gasteiger partial charge in [-0.3, -0.25) is 0 Å². The molecule has 4 heteroatoms. The third-order valence-electron chi connectivity index (χ3n) is 0.954. The van der Waals surface area contributed by atoms with Gasteiger partial charge >= 0.3 is 85.2 Å². The number of rotatable bonds is 1. The van der Waals surface area contributed by atoms with Crippen molar-refractivity contribution in [3.8, 4) is 5.75 Å². The Morgan fingerprint density at radius 2 is 1.60 bits per heavy atom. The van der Waals surface area contributed by atoms with E-state index < -0.39 is 0 Å². The van der Waals surface area contributed by atoms with E-state index in [4.69, 9.17) is 26.0 Å². The van der Waals surface area contributed by atoms with Crippen LogP contribution >= 0.6 is 23.2 Å². The molecular weight excluding hydrogens is 250 g/mol. The zero-order valence-corrected chi connectivity index (χ0v) is 8.87. The summed E-state index contributed by atoms with van der Waals surface area (Å²) in [5, 5.41) is 1.20. The molecule has 0 heterocycles. The molecule has 0 aliphatic heterocycles. The molecule has 1 nitrogen and oxygen atoms in total. The summed E-state index contributed by atoms with van der Waals surface area (Å²) in [6.45, 7) is 0. The predicted octanol–water partition coefficient (Wildman–Crippen LogP) is 2.83. The van der Waals surface area contributed by atoms with Crippen molar-refractivity contribution in [2.24, 2.45) is 0 Å². The van der Waals surface area contributed by atoms with Gasteiger partial charge in [-0.15, -0.1) is 0 Å². The summed E-state index contributed by atoms with van der Waals surface area (Å²) in [5.41, 5.74) is 0. The average Bonchev–Trinajstić information content (AvgIpc) is 1.85. The van der Waals surface area contributed by atoms with Gasteiger partial charge in [-0.1, -0.05) is 0 Å². The van der Waals surface area contributed by atoms with Crippen LogP contribution in [0, 0.1) is 0 Å². The monoisotopic (exact) mass is 251 g/mol. The van der Waals surface area contributed by atoms with E-state index in [2.05, 4.69) is 0 Å². The van der Waals surface area contributed by atoms with Gasteiger partial charge in [0.05, 0.1) is 0 Å². The normalized spacial score (nSPS) is 9.30. The number of halogens is 2. The van der Waals surface area contributed by atoms with Crippen LogP contribution in [0.4, 0.5) is 0 Å². The van der Waals surface area contributed by atoms with Gasteiger partial charge in [0.15, 0.2) is 0 Å². The van der Waals surface area contributed by atoms with Gasteiger partial charge in [0.25, 0.3) is 0 Å². The Balaban J connectivity index is 3.06. The Morgan fingerprint density at radius 3 is 2.00 bits per heavy atom. The summed E-state index contributed by atoms with van der Waals surface area (Å²) >= 11 is 12.3. The fraction of sp³-hybridized carbons (Fsp3) is 0. The van der Waals surface area contributed by atoms with Gasteiger partial charge < -0.3 is 0 Å². The molecule has 0 aliphatic carbocycles. The van der Waals surface area contributed by atoms with Crippen molar-refractivity contribution in [3.63, 3.8) is 0 Å². The molecule has 0 amide bonds. The first kappa shape index (κ1) is 8.58. The van der Waals surface area contributed by atoms with E-state index in [0.29, 0.717) is 10.0 Å². The van der Waals surface area contributed by atoms with Crippen LogP contribution in [0.3, 0.4) is 0 Å². The van der Waals surface area contributed by atoms with Gasteiger partial charge in [0.1, 0.15) is 0 Å². The summed E-state index contributed by atoms with van der Waals surface area (Å²) in [4.78, 5) is 0. The van der Waals surface area contributed by atoms with Crippen molar-refractivity contribution in [2.75, 3.05) is 0 Å². The van der Waals surface area contributed by atoms with Crippen molar-refractivity contribution < 1.29 is 28.0 Å². The van der Waals surface area contributed by atoms with Gasteiger partial charge in [0.2, 0.25) is 0 Å². The van der Waals surface area contributed by atoms with E-state index in [1.54, 1.807) is 18.2 Å². The zero-order valence-electron chi connectivity index (χ0n) is 4.90. The van der Waals surface area contributed by atoms with Crippen LogP contribution in [0.5, 0.6) is 5.75 Å². The Hall–Kier alpha value is 0.483. The Kier molecular flexibility index (Phi) is 3.22. The summed E-state index contributed by atoms with van der Waals surface area (Å²) in [6.07, 6.45) is 0. The first-order valence-electron chi connectivity index (χ1n) is 2.52. The van der Waals surface area contributed by atoms with Crippen LogP contribution in [0.2, 0.25) is 10.0 Å². The molecule has 1 aromatic carbocycles. The van der Waals surface area contributed by atoms with Crippen molar-refractivity contribution >= 4 is 23.2 Å². The quantitative estimate of drug-likeness (QED) is 0.747. The van der Waals surface area contributed by atoms with Crippen molar-refractivity contribution in [1.29, 1.82) is 0 Å². The molecule has 0 N–H and O–H groups in total. The standard InChI is InChI=1S/C6H4Cl2O.Zr/c7-4-1-5(8)3-6(9)2-4;/h1-3,9H;/q;+1/p-1. The molecular formula is C6H3Cl2OZr. The minimum absolute atomic E-state index is 0.602. The summed E-state index contributed by atoms with van der Waals surface area (Å²) in [7, 11) is 0. The van der Waals surface area contributed by atoms with E-state index >= 15 is 0 Å². The number of benzene rings is 1. The second-order valence-corrected chi connectivity index (χ2v) is 3.08. The second-order valence-electron chi connectivity index (χ2n) is 1.71. The van der Waals surface area contributed by atoms with Crippen LogP contribution in [0.15, 0.2) is 18.2 Å². The third kappa shape index (κ3) is 2.26. The molecule has 1 aromatic rings. The molecule has 0 saturated carbocycles. The molecule has 0 saturated heterocycles. The molecule has 0 bridgehead atoms. The summed E-state index contributed by atoms with van der Waals surface area (Å²) in [5.74, 6) is 0.718. The predicted molar refractivity (Wildman–Crippen MR) is 37.1 cm³/mol. The van der Waals surface area contributed by atoms with Crippen LogP contribution in [-0.2, 0) is 25.2 Å². The molecule has 0 unspecified atom stereocenters. The molecule has 0 aromatic heterocycles. The Bertz CT molecular complexity index is 219. The van der Waals surface area contributed by atoms with Gasteiger partial charge in [-0.25, -0.2) is 0 Å². The molecule has 0 atom stereocenters. The molecule has 0 fully saturated rings. The molecule has 1 rings (SSSR count). The van der Waals surface area contributed by atoms with Gasteiger partial charge in [-0.05, 0) is 0 Å². The van der Waals surface area contributed by atoms with Gasteiger partial charge in [-0.2, -0.15) is 0 Å². The van der Waals surface area contributed by atoms with E-state index in [0.717, 1.165) is 30.9 Å². The van der Waals surface area contributed by atoms with Crippen molar-refractivity contribution in [1.82, 2.24) is 0 Å². The topological polar surface area (TPSA) is 9.23 Å². The Morgan fingerprint density at radius 1 is 1.10 bits per heavy atom. The Labute approximate surface area is 84.7 Å². The van der Waals surface area contributed by atoms with Crippen LogP contribution < -0.4 is 2.81 Å². The summed E-state index contributed by atoms with van der Waals surface area (Å²) < 4.78 is 5.00. The molecule has 0 aliphatic rings. The van der Waals surface area contributed by atoms with Crippen LogP contribution in [-0.4, -0.2) is 0 Å². The van der Waals surface area contributed by atoms with Crippen molar-refractivity contribution in [2.45, 2.75) is 0 Å². The minimum atomic E-state index is 0.602. The third-order valence-corrected chi connectivity index (χ3v) is 1.97. The number of hydrogen-bond donors (Lipinski definition) is 0. The number of hydrogen-bond acceptors (Lipinski definition) is 1. The van der Waals surface area contributed by atoms with E-state index in [1.807, 2.05) is 0 Å². The average molecular weight is 253 g/mol. The fourth-order valence-corrected chi connectivity index (χ4v) is 1.38. The molecule has 0 radical (unpaired) electrons. The first-order valence-corrected chi connectivity index (χ1v) is 4.28. The SMILES string of the molecule is Clc1cc(Cl)cc([O][Zr])c1. The van der Waals surface area contributed by atoms with Crippen molar-refractivity contribution in [3.05, 3.63) is 28.2 Å². The molecule has 0 spiro atoms. The maximum absolute atomic E-state index is 5.67. The van der Waals surface area contributed by atoms with E-state index in [-0.39, 0.29) is 0 Å².